The van der Waals surface area contributed by atoms with E-state index in [2.05, 4.69) is 5.32 Å². The fourth-order valence-electron chi connectivity index (χ4n) is 3.02. The number of rotatable bonds is 4. The molecule has 0 heterocycles. The fourth-order valence-corrected chi connectivity index (χ4v) is 3.25. The smallest absolute Gasteiger partial charge is 0.258 e. The SMILES string of the molecule is O=C(COc1ccc(Cl)c2ccccc12)NC1CCCCC1. The Hall–Kier alpha value is -1.74. The normalized spacial score (nSPS) is 15.7. The van der Waals surface area contributed by atoms with E-state index < -0.39 is 0 Å². The van der Waals surface area contributed by atoms with Crippen molar-refractivity contribution in [3.63, 3.8) is 0 Å². The Morgan fingerprint density at radius 2 is 1.82 bits per heavy atom. The standard InChI is InChI=1S/C18H20ClNO2/c19-16-10-11-17(15-9-5-4-8-14(15)16)22-12-18(21)20-13-6-2-1-3-7-13/h4-5,8-11,13H,1-3,6-7,12H2,(H,20,21). The van der Waals surface area contributed by atoms with Gasteiger partial charge in [0, 0.05) is 21.8 Å². The van der Waals surface area contributed by atoms with Gasteiger partial charge >= 0.3 is 0 Å². The Bertz CT molecular complexity index is 665. The molecule has 0 radical (unpaired) electrons. The fraction of sp³-hybridized carbons (Fsp3) is 0.389. The molecule has 1 aliphatic rings. The lowest BCUT2D eigenvalue weighted by Gasteiger charge is -2.22. The van der Waals surface area contributed by atoms with Crippen molar-refractivity contribution in [3.05, 3.63) is 41.4 Å². The molecular weight excluding hydrogens is 298 g/mol. The van der Waals surface area contributed by atoms with Crippen molar-refractivity contribution in [2.75, 3.05) is 6.61 Å². The average molecular weight is 318 g/mol. The van der Waals surface area contributed by atoms with E-state index in [9.17, 15) is 4.79 Å². The molecule has 0 spiro atoms. The molecular formula is C18H20ClNO2. The summed E-state index contributed by atoms with van der Waals surface area (Å²) < 4.78 is 5.71. The average Bonchev–Trinajstić information content (AvgIpc) is 2.55. The number of halogens is 1. The molecule has 0 aromatic heterocycles. The van der Waals surface area contributed by atoms with E-state index in [-0.39, 0.29) is 12.5 Å². The minimum Gasteiger partial charge on any atom is -0.483 e. The molecule has 2 aromatic rings. The van der Waals surface area contributed by atoms with Gasteiger partial charge in [0.05, 0.1) is 0 Å². The number of carbonyl (C=O) groups excluding carboxylic acids is 1. The van der Waals surface area contributed by atoms with Gasteiger partial charge < -0.3 is 10.1 Å². The van der Waals surface area contributed by atoms with E-state index in [1.54, 1.807) is 6.07 Å². The van der Waals surface area contributed by atoms with Gasteiger partial charge in [0.15, 0.2) is 6.61 Å². The highest BCUT2D eigenvalue weighted by atomic mass is 35.5. The first-order valence-corrected chi connectivity index (χ1v) is 8.21. The van der Waals surface area contributed by atoms with Crippen LogP contribution in [0.4, 0.5) is 0 Å². The Morgan fingerprint density at radius 3 is 2.59 bits per heavy atom. The van der Waals surface area contributed by atoms with Crippen molar-refractivity contribution in [1.29, 1.82) is 0 Å². The van der Waals surface area contributed by atoms with Gasteiger partial charge in [0.25, 0.3) is 5.91 Å². The van der Waals surface area contributed by atoms with Crippen LogP contribution in [0.5, 0.6) is 5.75 Å². The van der Waals surface area contributed by atoms with E-state index in [4.69, 9.17) is 16.3 Å². The molecule has 2 aromatic carbocycles. The Kier molecular flexibility index (Phi) is 4.84. The van der Waals surface area contributed by atoms with Crippen molar-refractivity contribution in [1.82, 2.24) is 5.32 Å². The topological polar surface area (TPSA) is 38.3 Å². The van der Waals surface area contributed by atoms with Crippen LogP contribution in [0.1, 0.15) is 32.1 Å². The van der Waals surface area contributed by atoms with Gasteiger partial charge in [-0.05, 0) is 25.0 Å². The molecule has 0 unspecified atom stereocenters. The lowest BCUT2D eigenvalue weighted by molar-refractivity contribution is -0.124. The Labute approximate surface area is 135 Å². The molecule has 1 amide bonds. The lowest BCUT2D eigenvalue weighted by Crippen LogP contribution is -2.38. The van der Waals surface area contributed by atoms with Gasteiger partial charge in [-0.1, -0.05) is 55.1 Å². The van der Waals surface area contributed by atoms with Crippen LogP contribution < -0.4 is 10.1 Å². The zero-order valence-electron chi connectivity index (χ0n) is 12.5. The van der Waals surface area contributed by atoms with Crippen LogP contribution in [0, 0.1) is 0 Å². The van der Waals surface area contributed by atoms with Gasteiger partial charge in [-0.15, -0.1) is 0 Å². The number of hydrogen-bond donors (Lipinski definition) is 1. The van der Waals surface area contributed by atoms with Gasteiger partial charge in [-0.2, -0.15) is 0 Å². The maximum atomic E-state index is 12.0. The molecule has 0 aliphatic heterocycles. The number of hydrogen-bond acceptors (Lipinski definition) is 2. The second kappa shape index (κ2) is 7.01. The number of benzene rings is 2. The third kappa shape index (κ3) is 3.53. The molecule has 3 nitrogen and oxygen atoms in total. The summed E-state index contributed by atoms with van der Waals surface area (Å²) in [6.07, 6.45) is 5.84. The van der Waals surface area contributed by atoms with Crippen LogP contribution in [0.3, 0.4) is 0 Å². The Morgan fingerprint density at radius 1 is 1.09 bits per heavy atom. The molecule has 4 heteroatoms. The molecule has 22 heavy (non-hydrogen) atoms. The molecule has 116 valence electrons. The summed E-state index contributed by atoms with van der Waals surface area (Å²) in [6.45, 7) is 0.0438. The van der Waals surface area contributed by atoms with Crippen LogP contribution in [0.2, 0.25) is 5.02 Å². The number of amides is 1. The highest BCUT2D eigenvalue weighted by Gasteiger charge is 2.16. The summed E-state index contributed by atoms with van der Waals surface area (Å²) in [4.78, 5) is 12.0. The predicted molar refractivity (Wildman–Crippen MR) is 89.5 cm³/mol. The quantitative estimate of drug-likeness (QED) is 0.912. The molecule has 1 saturated carbocycles. The number of nitrogens with one attached hydrogen (secondary N) is 1. The second-order valence-electron chi connectivity index (χ2n) is 5.78. The molecule has 0 atom stereocenters. The van der Waals surface area contributed by atoms with Crippen molar-refractivity contribution >= 4 is 28.3 Å². The van der Waals surface area contributed by atoms with Gasteiger partial charge in [0.1, 0.15) is 5.75 Å². The zero-order chi connectivity index (χ0) is 15.4. The molecule has 0 saturated heterocycles. The number of ether oxygens (including phenoxy) is 1. The second-order valence-corrected chi connectivity index (χ2v) is 6.19. The summed E-state index contributed by atoms with van der Waals surface area (Å²) in [5, 5.41) is 5.62. The van der Waals surface area contributed by atoms with E-state index in [0.29, 0.717) is 16.8 Å². The number of carbonyl (C=O) groups is 1. The maximum Gasteiger partial charge on any atom is 0.258 e. The minimum atomic E-state index is -0.0501. The van der Waals surface area contributed by atoms with E-state index in [0.717, 1.165) is 23.6 Å². The van der Waals surface area contributed by atoms with Crippen LogP contribution in [0.25, 0.3) is 10.8 Å². The van der Waals surface area contributed by atoms with Crippen molar-refractivity contribution in [2.24, 2.45) is 0 Å². The van der Waals surface area contributed by atoms with Crippen molar-refractivity contribution in [3.8, 4) is 5.75 Å². The predicted octanol–water partition coefficient (Wildman–Crippen LogP) is 4.32. The van der Waals surface area contributed by atoms with E-state index in [1.165, 1.54) is 19.3 Å². The molecule has 1 fully saturated rings. The van der Waals surface area contributed by atoms with Gasteiger partial charge in [0.2, 0.25) is 0 Å². The summed E-state index contributed by atoms with van der Waals surface area (Å²) in [5.74, 6) is 0.643. The van der Waals surface area contributed by atoms with Crippen LogP contribution in [0.15, 0.2) is 36.4 Å². The van der Waals surface area contributed by atoms with Gasteiger partial charge in [-0.25, -0.2) is 0 Å². The summed E-state index contributed by atoms with van der Waals surface area (Å²) in [7, 11) is 0. The first-order valence-electron chi connectivity index (χ1n) is 7.83. The first kappa shape index (κ1) is 15.2. The third-order valence-corrected chi connectivity index (χ3v) is 4.49. The maximum absolute atomic E-state index is 12.0. The summed E-state index contributed by atoms with van der Waals surface area (Å²) in [6, 6.07) is 11.7. The highest BCUT2D eigenvalue weighted by molar-refractivity contribution is 6.35. The minimum absolute atomic E-state index is 0.0438. The first-order chi connectivity index (χ1) is 10.7. The largest absolute Gasteiger partial charge is 0.483 e. The van der Waals surface area contributed by atoms with E-state index in [1.807, 2.05) is 30.3 Å². The van der Waals surface area contributed by atoms with Crippen molar-refractivity contribution < 1.29 is 9.53 Å². The van der Waals surface area contributed by atoms with Gasteiger partial charge in [-0.3, -0.25) is 4.79 Å². The van der Waals surface area contributed by atoms with Crippen LogP contribution in [-0.2, 0) is 4.79 Å². The molecule has 3 rings (SSSR count). The third-order valence-electron chi connectivity index (χ3n) is 4.16. The molecule has 1 aliphatic carbocycles. The zero-order valence-corrected chi connectivity index (χ0v) is 13.2. The summed E-state index contributed by atoms with van der Waals surface area (Å²) >= 11 is 6.19. The van der Waals surface area contributed by atoms with Crippen LogP contribution in [-0.4, -0.2) is 18.6 Å². The molecule has 1 N–H and O–H groups in total. The lowest BCUT2D eigenvalue weighted by atomic mass is 9.95. The summed E-state index contributed by atoms with van der Waals surface area (Å²) in [5.41, 5.74) is 0. The number of fused-ring (bicyclic) bond motifs is 1. The van der Waals surface area contributed by atoms with Crippen LogP contribution >= 0.6 is 11.6 Å². The molecule has 0 bridgehead atoms. The highest BCUT2D eigenvalue weighted by Crippen LogP contribution is 2.31. The van der Waals surface area contributed by atoms with E-state index >= 15 is 0 Å². The monoisotopic (exact) mass is 317 g/mol. The Balaban J connectivity index is 1.64. The van der Waals surface area contributed by atoms with Crippen molar-refractivity contribution in [2.45, 2.75) is 38.1 Å².